The number of hydrogen-bond acceptors (Lipinski definition) is 5. The van der Waals surface area contributed by atoms with E-state index in [1.807, 2.05) is 0 Å². The molecule has 0 saturated carbocycles. The molecule has 0 unspecified atom stereocenters. The molecule has 1 saturated heterocycles. The molecule has 0 radical (unpaired) electrons. The topological polar surface area (TPSA) is 157 Å². The van der Waals surface area contributed by atoms with Gasteiger partial charge in [0.2, 0.25) is 5.56 Å². The van der Waals surface area contributed by atoms with Crippen molar-refractivity contribution in [1.82, 2.24) is 10.3 Å². The van der Waals surface area contributed by atoms with Crippen molar-refractivity contribution in [3.8, 4) is 0 Å². The van der Waals surface area contributed by atoms with Gasteiger partial charge < -0.3 is 25.6 Å². The van der Waals surface area contributed by atoms with E-state index >= 15 is 0 Å². The number of H-pyrrole nitrogens is 1. The lowest BCUT2D eigenvalue weighted by Gasteiger charge is -2.21. The predicted molar refractivity (Wildman–Crippen MR) is 71.9 cm³/mol. The van der Waals surface area contributed by atoms with Crippen molar-refractivity contribution in [1.29, 1.82) is 0 Å². The Balaban J connectivity index is 2.46. The molecule has 22 heavy (non-hydrogen) atoms. The van der Waals surface area contributed by atoms with Crippen molar-refractivity contribution >= 4 is 17.9 Å². The van der Waals surface area contributed by atoms with Gasteiger partial charge in [0.25, 0.3) is 0 Å². The maximum Gasteiger partial charge on any atom is 0.352 e. The molecular formula is C13H14N2O7. The standard InChI is InChI=1S/C13H14N2O7/c16-8-2-1-5(11(15-8)13(21)22)7-4-14-10(12(19)20)6(7)3-9(17)18/h1-2,6-7,10,14H,3-4H2,(H,15,16)(H,17,18)(H,19,20)(H,21,22)/t6-,7+,10-/m0/s1. The lowest BCUT2D eigenvalue weighted by Crippen LogP contribution is -2.36. The van der Waals surface area contributed by atoms with Gasteiger partial charge in [-0.15, -0.1) is 0 Å². The summed E-state index contributed by atoms with van der Waals surface area (Å²) >= 11 is 0. The third-order valence-electron chi connectivity index (χ3n) is 3.74. The number of carboxylic acids is 3. The lowest BCUT2D eigenvalue weighted by molar-refractivity contribution is -0.142. The Bertz CT molecular complexity index is 681. The maximum atomic E-state index is 11.3. The molecule has 1 fully saturated rings. The van der Waals surface area contributed by atoms with Gasteiger partial charge in [0, 0.05) is 24.4 Å². The van der Waals surface area contributed by atoms with Gasteiger partial charge >= 0.3 is 17.9 Å². The molecule has 0 amide bonds. The summed E-state index contributed by atoms with van der Waals surface area (Å²) < 4.78 is 0. The third-order valence-corrected chi connectivity index (χ3v) is 3.74. The predicted octanol–water partition coefficient (Wildman–Crippen LogP) is -0.696. The van der Waals surface area contributed by atoms with Crippen LogP contribution in [0.5, 0.6) is 0 Å². The fourth-order valence-corrected chi connectivity index (χ4v) is 2.83. The van der Waals surface area contributed by atoms with E-state index in [1.165, 1.54) is 6.07 Å². The van der Waals surface area contributed by atoms with Crippen molar-refractivity contribution in [2.24, 2.45) is 5.92 Å². The molecule has 0 aliphatic carbocycles. The van der Waals surface area contributed by atoms with Crippen LogP contribution in [0.2, 0.25) is 0 Å². The Hall–Kier alpha value is -2.68. The molecule has 118 valence electrons. The molecule has 1 aliphatic rings. The highest BCUT2D eigenvalue weighted by molar-refractivity contribution is 5.87. The summed E-state index contributed by atoms with van der Waals surface area (Å²) in [6.45, 7) is 0.112. The highest BCUT2D eigenvalue weighted by Crippen LogP contribution is 2.35. The molecular weight excluding hydrogens is 296 g/mol. The Morgan fingerprint density at radius 2 is 1.86 bits per heavy atom. The minimum absolute atomic E-state index is 0.112. The zero-order chi connectivity index (χ0) is 16.4. The van der Waals surface area contributed by atoms with Gasteiger partial charge in [0.15, 0.2) is 0 Å². The quantitative estimate of drug-likeness (QED) is 0.478. The second-order valence-corrected chi connectivity index (χ2v) is 5.05. The number of carboxylic acid groups (broad SMARTS) is 3. The molecule has 5 N–H and O–H groups in total. The van der Waals surface area contributed by atoms with Crippen molar-refractivity contribution in [3.63, 3.8) is 0 Å². The average Bonchev–Trinajstić information content (AvgIpc) is 2.81. The van der Waals surface area contributed by atoms with E-state index in [9.17, 15) is 24.3 Å². The maximum absolute atomic E-state index is 11.3. The van der Waals surface area contributed by atoms with Crippen LogP contribution in [-0.4, -0.2) is 50.8 Å². The first-order valence-corrected chi connectivity index (χ1v) is 6.45. The molecule has 0 aromatic carbocycles. The average molecular weight is 310 g/mol. The van der Waals surface area contributed by atoms with E-state index in [2.05, 4.69) is 10.3 Å². The van der Waals surface area contributed by atoms with Crippen LogP contribution in [0.4, 0.5) is 0 Å². The minimum Gasteiger partial charge on any atom is -0.481 e. The molecule has 9 nitrogen and oxygen atoms in total. The summed E-state index contributed by atoms with van der Waals surface area (Å²) in [6, 6.07) is 1.34. The second-order valence-electron chi connectivity index (χ2n) is 5.05. The molecule has 1 aromatic rings. The van der Waals surface area contributed by atoms with Gasteiger partial charge in [-0.2, -0.15) is 0 Å². The Labute approximate surface area is 123 Å². The number of aromatic amines is 1. The largest absolute Gasteiger partial charge is 0.481 e. The number of nitrogens with one attached hydrogen (secondary N) is 2. The van der Waals surface area contributed by atoms with Gasteiger partial charge in [-0.1, -0.05) is 6.07 Å². The van der Waals surface area contributed by atoms with Gasteiger partial charge in [0.05, 0.1) is 6.42 Å². The van der Waals surface area contributed by atoms with E-state index in [1.54, 1.807) is 0 Å². The van der Waals surface area contributed by atoms with Gasteiger partial charge in [-0.25, -0.2) is 4.79 Å². The highest BCUT2D eigenvalue weighted by atomic mass is 16.4. The van der Waals surface area contributed by atoms with E-state index < -0.39 is 47.8 Å². The number of aromatic nitrogens is 1. The normalized spacial score (nSPS) is 24.1. The summed E-state index contributed by atoms with van der Waals surface area (Å²) in [5.74, 6) is -5.19. The van der Waals surface area contributed by atoms with Crippen molar-refractivity contribution < 1.29 is 29.7 Å². The smallest absolute Gasteiger partial charge is 0.352 e. The lowest BCUT2D eigenvalue weighted by atomic mass is 9.82. The summed E-state index contributed by atoms with van der Waals surface area (Å²) in [5, 5.41) is 30.0. The van der Waals surface area contributed by atoms with Gasteiger partial charge in [-0.3, -0.25) is 14.4 Å². The molecule has 2 heterocycles. The van der Waals surface area contributed by atoms with Crippen LogP contribution in [0.15, 0.2) is 16.9 Å². The Kier molecular flexibility index (Phi) is 4.27. The number of aliphatic carboxylic acids is 2. The van der Waals surface area contributed by atoms with E-state index in [4.69, 9.17) is 10.2 Å². The fourth-order valence-electron chi connectivity index (χ4n) is 2.83. The van der Waals surface area contributed by atoms with Crippen LogP contribution in [0.25, 0.3) is 0 Å². The number of rotatable bonds is 5. The van der Waals surface area contributed by atoms with Crippen LogP contribution in [-0.2, 0) is 9.59 Å². The number of carbonyl (C=O) groups is 3. The molecule has 0 spiro atoms. The summed E-state index contributed by atoms with van der Waals surface area (Å²) in [4.78, 5) is 46.9. The van der Waals surface area contributed by atoms with Crippen LogP contribution in [0.3, 0.4) is 0 Å². The van der Waals surface area contributed by atoms with E-state index in [0.717, 1.165) is 6.07 Å². The summed E-state index contributed by atoms with van der Waals surface area (Å²) in [5.41, 5.74) is -0.730. The van der Waals surface area contributed by atoms with Crippen LogP contribution in [0.1, 0.15) is 28.4 Å². The van der Waals surface area contributed by atoms with E-state index in [0.29, 0.717) is 0 Å². The van der Waals surface area contributed by atoms with Crippen LogP contribution < -0.4 is 10.9 Å². The Morgan fingerprint density at radius 1 is 1.18 bits per heavy atom. The monoisotopic (exact) mass is 310 g/mol. The molecule has 3 atom stereocenters. The van der Waals surface area contributed by atoms with E-state index in [-0.39, 0.29) is 17.8 Å². The summed E-state index contributed by atoms with van der Waals surface area (Å²) in [6.07, 6.45) is -0.424. The number of aromatic carboxylic acids is 1. The first kappa shape index (κ1) is 15.7. The van der Waals surface area contributed by atoms with Crippen molar-refractivity contribution in [3.05, 3.63) is 33.7 Å². The highest BCUT2D eigenvalue weighted by Gasteiger charge is 2.43. The molecule has 9 heteroatoms. The molecule has 1 aliphatic heterocycles. The fraction of sp³-hybridized carbons (Fsp3) is 0.385. The first-order chi connectivity index (χ1) is 10.3. The second kappa shape index (κ2) is 5.98. The Morgan fingerprint density at radius 3 is 2.41 bits per heavy atom. The molecule has 0 bridgehead atoms. The van der Waals surface area contributed by atoms with Crippen molar-refractivity contribution in [2.45, 2.75) is 18.4 Å². The van der Waals surface area contributed by atoms with Crippen LogP contribution in [0, 0.1) is 5.92 Å². The SMILES string of the molecule is O=C(O)C[C@@H]1[C@@H](C(=O)O)NC[C@@H]1c1ccc(=O)[nH]c1C(=O)O. The summed E-state index contributed by atoms with van der Waals surface area (Å²) in [7, 11) is 0. The molecule has 2 rings (SSSR count). The van der Waals surface area contributed by atoms with Crippen LogP contribution >= 0.6 is 0 Å². The zero-order valence-corrected chi connectivity index (χ0v) is 11.3. The van der Waals surface area contributed by atoms with Gasteiger partial charge in [0.1, 0.15) is 11.7 Å². The minimum atomic E-state index is -1.36. The first-order valence-electron chi connectivity index (χ1n) is 6.45. The van der Waals surface area contributed by atoms with Crippen molar-refractivity contribution in [2.75, 3.05) is 6.54 Å². The zero-order valence-electron chi connectivity index (χ0n) is 11.3. The number of pyridine rings is 1. The number of hydrogen-bond donors (Lipinski definition) is 5. The third kappa shape index (κ3) is 2.98. The van der Waals surface area contributed by atoms with Gasteiger partial charge in [-0.05, 0) is 5.56 Å². The molecule has 1 aromatic heterocycles.